The Bertz CT molecular complexity index is 462. The minimum absolute atomic E-state index is 0.191. The van der Waals surface area contributed by atoms with Crippen molar-refractivity contribution in [3.8, 4) is 11.5 Å². The fourth-order valence-electron chi connectivity index (χ4n) is 1.81. The third kappa shape index (κ3) is 2.74. The van der Waals surface area contributed by atoms with Crippen molar-refractivity contribution in [1.82, 2.24) is 4.98 Å². The summed E-state index contributed by atoms with van der Waals surface area (Å²) in [5.74, 6) is 1.60. The Morgan fingerprint density at radius 2 is 2.00 bits per heavy atom. The predicted octanol–water partition coefficient (Wildman–Crippen LogP) is 2.83. The van der Waals surface area contributed by atoms with Gasteiger partial charge in [0.2, 0.25) is 5.89 Å². The Morgan fingerprint density at radius 1 is 1.24 bits per heavy atom. The van der Waals surface area contributed by atoms with Gasteiger partial charge in [0.05, 0.1) is 5.69 Å². The Hall–Kier alpha value is -1.61. The highest BCUT2D eigenvalue weighted by molar-refractivity contribution is 5.53. The van der Waals surface area contributed by atoms with Crippen molar-refractivity contribution >= 4 is 0 Å². The monoisotopic (exact) mass is 231 g/mol. The van der Waals surface area contributed by atoms with Crippen molar-refractivity contribution < 1.29 is 9.52 Å². The number of aliphatic hydroxyl groups is 1. The third-order valence-electron chi connectivity index (χ3n) is 2.69. The lowest BCUT2D eigenvalue weighted by atomic mass is 10.2. The lowest BCUT2D eigenvalue weighted by Crippen LogP contribution is -1.93. The normalized spacial score (nSPS) is 10.7. The molecule has 0 aliphatic heterocycles. The van der Waals surface area contributed by atoms with Crippen LogP contribution in [0.4, 0.5) is 0 Å². The number of oxazole rings is 1. The van der Waals surface area contributed by atoms with E-state index in [-0.39, 0.29) is 6.61 Å². The molecule has 0 amide bonds. The first-order valence-electron chi connectivity index (χ1n) is 6.00. The summed E-state index contributed by atoms with van der Waals surface area (Å²) in [6, 6.07) is 9.89. The highest BCUT2D eigenvalue weighted by Gasteiger charge is 2.12. The summed E-state index contributed by atoms with van der Waals surface area (Å²) in [6.45, 7) is 2.24. The average Bonchev–Trinajstić information content (AvgIpc) is 2.80. The molecule has 0 spiro atoms. The molecule has 0 aliphatic carbocycles. The Kier molecular flexibility index (Phi) is 3.94. The van der Waals surface area contributed by atoms with Crippen LogP contribution < -0.4 is 0 Å². The van der Waals surface area contributed by atoms with Crippen LogP contribution in [0.5, 0.6) is 0 Å². The van der Waals surface area contributed by atoms with Crippen LogP contribution in [0.15, 0.2) is 34.7 Å². The van der Waals surface area contributed by atoms with E-state index in [2.05, 4.69) is 11.9 Å². The molecule has 2 rings (SSSR count). The first-order valence-corrected chi connectivity index (χ1v) is 6.00. The Balaban J connectivity index is 2.28. The molecule has 1 N–H and O–H groups in total. The second-order valence-corrected chi connectivity index (χ2v) is 3.94. The summed E-state index contributed by atoms with van der Waals surface area (Å²) in [4.78, 5) is 4.51. The molecule has 0 bridgehead atoms. The van der Waals surface area contributed by atoms with Crippen LogP contribution in [0.3, 0.4) is 0 Å². The summed E-state index contributed by atoms with van der Waals surface area (Å²) in [5, 5.41) is 8.86. The van der Waals surface area contributed by atoms with E-state index in [0.29, 0.717) is 5.89 Å². The quantitative estimate of drug-likeness (QED) is 0.860. The van der Waals surface area contributed by atoms with Crippen LogP contribution >= 0.6 is 0 Å². The molecule has 0 aliphatic rings. The Morgan fingerprint density at radius 3 is 2.65 bits per heavy atom. The van der Waals surface area contributed by atoms with Crippen molar-refractivity contribution in [3.63, 3.8) is 0 Å². The summed E-state index contributed by atoms with van der Waals surface area (Å²) in [5.41, 5.74) is 1.97. The van der Waals surface area contributed by atoms with Gasteiger partial charge < -0.3 is 9.52 Å². The molecule has 3 heteroatoms. The van der Waals surface area contributed by atoms with Gasteiger partial charge in [0.25, 0.3) is 0 Å². The number of hydrogen-bond acceptors (Lipinski definition) is 3. The van der Waals surface area contributed by atoms with E-state index in [1.165, 1.54) is 0 Å². The van der Waals surface area contributed by atoms with Crippen molar-refractivity contribution in [2.24, 2.45) is 0 Å². The first-order chi connectivity index (χ1) is 8.35. The largest absolute Gasteiger partial charge is 0.441 e. The zero-order chi connectivity index (χ0) is 12.1. The van der Waals surface area contributed by atoms with Gasteiger partial charge in [-0.3, -0.25) is 0 Å². The van der Waals surface area contributed by atoms with Gasteiger partial charge >= 0.3 is 0 Å². The number of rotatable bonds is 5. The smallest absolute Gasteiger partial charge is 0.226 e. The SMILES string of the molecule is CCc1oc(-c2ccccc2)nc1CCCO. The summed E-state index contributed by atoms with van der Waals surface area (Å²) < 4.78 is 5.75. The lowest BCUT2D eigenvalue weighted by Gasteiger charge is -1.94. The fraction of sp³-hybridized carbons (Fsp3) is 0.357. The molecular formula is C14H17NO2. The Labute approximate surface area is 101 Å². The van der Waals surface area contributed by atoms with Gasteiger partial charge in [-0.2, -0.15) is 0 Å². The molecule has 17 heavy (non-hydrogen) atoms. The number of hydrogen-bond donors (Lipinski definition) is 1. The minimum Gasteiger partial charge on any atom is -0.441 e. The number of aliphatic hydroxyl groups excluding tert-OH is 1. The van der Waals surface area contributed by atoms with Crippen LogP contribution in [0.2, 0.25) is 0 Å². The fourth-order valence-corrected chi connectivity index (χ4v) is 1.81. The van der Waals surface area contributed by atoms with Gasteiger partial charge in [-0.05, 0) is 25.0 Å². The van der Waals surface area contributed by atoms with Crippen LogP contribution in [0.1, 0.15) is 24.8 Å². The van der Waals surface area contributed by atoms with E-state index in [4.69, 9.17) is 9.52 Å². The molecule has 0 unspecified atom stereocenters. The first kappa shape index (κ1) is 11.9. The van der Waals surface area contributed by atoms with E-state index in [9.17, 15) is 0 Å². The van der Waals surface area contributed by atoms with Crippen molar-refractivity contribution in [3.05, 3.63) is 41.8 Å². The van der Waals surface area contributed by atoms with Gasteiger partial charge in [-0.15, -0.1) is 0 Å². The van der Waals surface area contributed by atoms with E-state index >= 15 is 0 Å². The molecule has 1 aromatic carbocycles. The minimum atomic E-state index is 0.191. The number of nitrogens with zero attached hydrogens (tertiary/aromatic N) is 1. The second kappa shape index (κ2) is 5.64. The lowest BCUT2D eigenvalue weighted by molar-refractivity contribution is 0.288. The molecule has 0 radical (unpaired) electrons. The van der Waals surface area contributed by atoms with Crippen LogP contribution in [0.25, 0.3) is 11.5 Å². The van der Waals surface area contributed by atoms with E-state index in [0.717, 1.165) is 36.3 Å². The standard InChI is InChI=1S/C14H17NO2/c1-2-13-12(9-6-10-16)15-14(17-13)11-7-4-3-5-8-11/h3-5,7-8,16H,2,6,9-10H2,1H3. The number of benzene rings is 1. The van der Waals surface area contributed by atoms with E-state index < -0.39 is 0 Å². The van der Waals surface area contributed by atoms with Gasteiger partial charge in [0.1, 0.15) is 5.76 Å². The van der Waals surface area contributed by atoms with Crippen molar-refractivity contribution in [1.29, 1.82) is 0 Å². The summed E-state index contributed by atoms with van der Waals surface area (Å²) in [7, 11) is 0. The molecule has 0 saturated heterocycles. The average molecular weight is 231 g/mol. The predicted molar refractivity (Wildman–Crippen MR) is 66.7 cm³/mol. The maximum absolute atomic E-state index is 8.86. The molecule has 1 aromatic heterocycles. The van der Waals surface area contributed by atoms with Crippen molar-refractivity contribution in [2.75, 3.05) is 6.61 Å². The highest BCUT2D eigenvalue weighted by Crippen LogP contribution is 2.22. The molecule has 2 aromatic rings. The van der Waals surface area contributed by atoms with Crippen LogP contribution in [0, 0.1) is 0 Å². The van der Waals surface area contributed by atoms with Gasteiger partial charge in [-0.1, -0.05) is 25.1 Å². The summed E-state index contributed by atoms with van der Waals surface area (Å²) in [6.07, 6.45) is 2.34. The summed E-state index contributed by atoms with van der Waals surface area (Å²) >= 11 is 0. The molecule has 3 nitrogen and oxygen atoms in total. The maximum atomic E-state index is 8.86. The number of aryl methyl sites for hydroxylation is 2. The second-order valence-electron chi connectivity index (χ2n) is 3.94. The van der Waals surface area contributed by atoms with E-state index in [1.54, 1.807) is 0 Å². The van der Waals surface area contributed by atoms with E-state index in [1.807, 2.05) is 30.3 Å². The molecule has 0 fully saturated rings. The van der Waals surface area contributed by atoms with Crippen LogP contribution in [-0.4, -0.2) is 16.7 Å². The maximum Gasteiger partial charge on any atom is 0.226 e. The third-order valence-corrected chi connectivity index (χ3v) is 2.69. The van der Waals surface area contributed by atoms with Gasteiger partial charge in [-0.25, -0.2) is 4.98 Å². The number of aromatic nitrogens is 1. The molecular weight excluding hydrogens is 214 g/mol. The van der Waals surface area contributed by atoms with Crippen LogP contribution in [-0.2, 0) is 12.8 Å². The molecule has 0 atom stereocenters. The zero-order valence-electron chi connectivity index (χ0n) is 10.0. The zero-order valence-corrected chi connectivity index (χ0v) is 10.0. The molecule has 1 heterocycles. The highest BCUT2D eigenvalue weighted by atomic mass is 16.4. The topological polar surface area (TPSA) is 46.3 Å². The van der Waals surface area contributed by atoms with Gasteiger partial charge in [0, 0.05) is 18.6 Å². The van der Waals surface area contributed by atoms with Crippen molar-refractivity contribution in [2.45, 2.75) is 26.2 Å². The molecule has 0 saturated carbocycles. The molecule has 90 valence electrons. The van der Waals surface area contributed by atoms with Gasteiger partial charge in [0.15, 0.2) is 0 Å².